The molecule has 0 aromatic heterocycles. The van der Waals surface area contributed by atoms with Gasteiger partial charge in [-0.2, -0.15) is 0 Å². The lowest BCUT2D eigenvalue weighted by Crippen LogP contribution is -2.09. The van der Waals surface area contributed by atoms with Crippen molar-refractivity contribution in [2.45, 2.75) is 6.92 Å². The van der Waals surface area contributed by atoms with Crippen molar-refractivity contribution >= 4 is 55.2 Å². The maximum atomic E-state index is 12.0. The van der Waals surface area contributed by atoms with Crippen LogP contribution >= 0.6 is 31.9 Å². The highest BCUT2D eigenvalue weighted by Crippen LogP contribution is 2.32. The number of nitrogens with one attached hydrogen (secondary N) is 1. The van der Waals surface area contributed by atoms with Crippen LogP contribution in [0.3, 0.4) is 0 Å². The van der Waals surface area contributed by atoms with Crippen molar-refractivity contribution < 1.29 is 4.79 Å². The summed E-state index contributed by atoms with van der Waals surface area (Å²) in [5, 5.41) is 2.84. The van der Waals surface area contributed by atoms with Crippen molar-refractivity contribution in [3.8, 4) is 0 Å². The molecule has 2 aromatic carbocycles. The molecular weight excluding hydrogens is 396 g/mol. The van der Waals surface area contributed by atoms with E-state index >= 15 is 0 Å². The van der Waals surface area contributed by atoms with Gasteiger partial charge in [0.1, 0.15) is 0 Å². The van der Waals surface area contributed by atoms with Crippen molar-refractivity contribution in [3.63, 3.8) is 0 Å². The van der Waals surface area contributed by atoms with Crippen LogP contribution in [0, 0.1) is 6.92 Å². The predicted octanol–water partition coefficient (Wildman–Crippen LogP) is 4.75. The zero-order chi connectivity index (χ0) is 15.4. The van der Waals surface area contributed by atoms with E-state index in [4.69, 9.17) is 5.73 Å². The molecule has 5 heteroatoms. The van der Waals surface area contributed by atoms with Crippen molar-refractivity contribution in [2.24, 2.45) is 0 Å². The minimum atomic E-state index is -0.197. The number of carbonyl (C=O) groups is 1. The lowest BCUT2D eigenvalue weighted by Gasteiger charge is -2.09. The fourth-order valence-electron chi connectivity index (χ4n) is 1.76. The number of nitrogens with two attached hydrogens (primary N) is 1. The molecule has 108 valence electrons. The number of nitrogen functional groups attached to an aromatic ring is 1. The Labute approximate surface area is 140 Å². The third kappa shape index (κ3) is 4.44. The van der Waals surface area contributed by atoms with Crippen LogP contribution in [0.4, 0.5) is 11.4 Å². The fourth-order valence-corrected chi connectivity index (χ4v) is 3.38. The zero-order valence-electron chi connectivity index (χ0n) is 11.4. The number of carbonyl (C=O) groups excluding carboxylic acids is 1. The van der Waals surface area contributed by atoms with Gasteiger partial charge in [0.05, 0.1) is 5.69 Å². The van der Waals surface area contributed by atoms with E-state index in [1.165, 1.54) is 6.08 Å². The molecule has 0 atom stereocenters. The van der Waals surface area contributed by atoms with E-state index in [2.05, 4.69) is 37.2 Å². The average molecular weight is 410 g/mol. The fraction of sp³-hybridized carbons (Fsp3) is 0.0625. The predicted molar refractivity (Wildman–Crippen MR) is 95.1 cm³/mol. The third-order valence-electron chi connectivity index (χ3n) is 2.80. The van der Waals surface area contributed by atoms with E-state index in [1.54, 1.807) is 18.2 Å². The second-order valence-corrected chi connectivity index (χ2v) is 6.30. The second-order valence-electron chi connectivity index (χ2n) is 4.59. The highest BCUT2D eigenvalue weighted by Gasteiger charge is 2.08. The minimum absolute atomic E-state index is 0.197. The molecule has 0 aliphatic heterocycles. The molecule has 21 heavy (non-hydrogen) atoms. The Morgan fingerprint density at radius 3 is 2.29 bits per heavy atom. The lowest BCUT2D eigenvalue weighted by atomic mass is 10.2. The Hall–Kier alpha value is -1.59. The van der Waals surface area contributed by atoms with E-state index in [0.29, 0.717) is 11.4 Å². The van der Waals surface area contributed by atoms with Crippen LogP contribution in [0.2, 0.25) is 0 Å². The molecule has 1 amide bonds. The van der Waals surface area contributed by atoms with Crippen molar-refractivity contribution in [2.75, 3.05) is 11.1 Å². The molecular formula is C16H14Br2N2O. The highest BCUT2D eigenvalue weighted by atomic mass is 79.9. The Kier molecular flexibility index (Phi) is 5.20. The van der Waals surface area contributed by atoms with Crippen LogP contribution in [0.5, 0.6) is 0 Å². The van der Waals surface area contributed by atoms with Crippen LogP contribution < -0.4 is 11.1 Å². The number of anilines is 2. The van der Waals surface area contributed by atoms with Gasteiger partial charge in [0.25, 0.3) is 0 Å². The smallest absolute Gasteiger partial charge is 0.248 e. The molecule has 0 fully saturated rings. The summed E-state index contributed by atoms with van der Waals surface area (Å²) < 4.78 is 1.67. The summed E-state index contributed by atoms with van der Waals surface area (Å²) >= 11 is 6.90. The molecule has 2 rings (SSSR count). The van der Waals surface area contributed by atoms with Gasteiger partial charge >= 0.3 is 0 Å². The molecule has 0 radical (unpaired) electrons. The molecule has 0 heterocycles. The quantitative estimate of drug-likeness (QED) is 0.567. The van der Waals surface area contributed by atoms with Crippen molar-refractivity contribution in [3.05, 3.63) is 62.5 Å². The lowest BCUT2D eigenvalue weighted by molar-refractivity contribution is -0.111. The first-order valence-electron chi connectivity index (χ1n) is 6.26. The van der Waals surface area contributed by atoms with Gasteiger partial charge in [0.2, 0.25) is 5.91 Å². The van der Waals surface area contributed by atoms with Crippen LogP contribution in [0.25, 0.3) is 6.08 Å². The summed E-state index contributed by atoms with van der Waals surface area (Å²) in [5.41, 5.74) is 9.05. The SMILES string of the molecule is Cc1cc(Br)c(NC(=O)/C=C/c2ccc(N)cc2)c(Br)c1. The largest absolute Gasteiger partial charge is 0.399 e. The normalized spacial score (nSPS) is 10.8. The van der Waals surface area contributed by atoms with E-state index in [-0.39, 0.29) is 5.91 Å². The molecule has 3 nitrogen and oxygen atoms in total. The molecule has 0 saturated carbocycles. The molecule has 2 aromatic rings. The third-order valence-corrected chi connectivity index (χ3v) is 4.05. The first-order valence-corrected chi connectivity index (χ1v) is 7.84. The standard InChI is InChI=1S/C16H14Br2N2O/c1-10-8-13(17)16(14(18)9-10)20-15(21)7-4-11-2-5-12(19)6-3-11/h2-9H,19H2,1H3,(H,20,21)/b7-4+. The number of benzene rings is 2. The topological polar surface area (TPSA) is 55.1 Å². The number of halogens is 2. The summed E-state index contributed by atoms with van der Waals surface area (Å²) in [7, 11) is 0. The monoisotopic (exact) mass is 408 g/mol. The summed E-state index contributed by atoms with van der Waals surface area (Å²) in [6.07, 6.45) is 3.23. The molecule has 0 unspecified atom stereocenters. The van der Waals surface area contributed by atoms with E-state index in [1.807, 2.05) is 31.2 Å². The van der Waals surface area contributed by atoms with Gasteiger partial charge < -0.3 is 11.1 Å². The summed E-state index contributed by atoms with van der Waals surface area (Å²) in [6, 6.07) is 11.2. The second kappa shape index (κ2) is 6.91. The summed E-state index contributed by atoms with van der Waals surface area (Å²) in [6.45, 7) is 1.99. The van der Waals surface area contributed by atoms with Gasteiger partial charge in [-0.05, 0) is 80.3 Å². The number of aryl methyl sites for hydroxylation is 1. The first-order chi connectivity index (χ1) is 9.95. The Balaban J connectivity index is 2.10. The van der Waals surface area contributed by atoms with Gasteiger partial charge in [-0.3, -0.25) is 4.79 Å². The summed E-state index contributed by atoms with van der Waals surface area (Å²) in [4.78, 5) is 12.0. The molecule has 3 N–H and O–H groups in total. The maximum Gasteiger partial charge on any atom is 0.248 e. The molecule has 0 aliphatic carbocycles. The van der Waals surface area contributed by atoms with Gasteiger partial charge in [-0.25, -0.2) is 0 Å². The molecule has 0 bridgehead atoms. The van der Waals surface area contributed by atoms with Gasteiger partial charge in [0, 0.05) is 20.7 Å². The number of amides is 1. The van der Waals surface area contributed by atoms with E-state index in [0.717, 1.165) is 20.1 Å². The Bertz CT molecular complexity index is 671. The maximum absolute atomic E-state index is 12.0. The molecule has 0 aliphatic rings. The summed E-state index contributed by atoms with van der Waals surface area (Å²) in [5.74, 6) is -0.197. The van der Waals surface area contributed by atoms with Crippen LogP contribution in [-0.4, -0.2) is 5.91 Å². The first kappa shape index (κ1) is 15.8. The van der Waals surface area contributed by atoms with Crippen molar-refractivity contribution in [1.29, 1.82) is 0 Å². The van der Waals surface area contributed by atoms with Crippen LogP contribution in [0.15, 0.2) is 51.4 Å². The average Bonchev–Trinajstić information content (AvgIpc) is 2.42. The van der Waals surface area contributed by atoms with Crippen molar-refractivity contribution in [1.82, 2.24) is 0 Å². The number of hydrogen-bond acceptors (Lipinski definition) is 2. The van der Waals surface area contributed by atoms with Crippen LogP contribution in [0.1, 0.15) is 11.1 Å². The van der Waals surface area contributed by atoms with Gasteiger partial charge in [-0.1, -0.05) is 12.1 Å². The van der Waals surface area contributed by atoms with Gasteiger partial charge in [0.15, 0.2) is 0 Å². The van der Waals surface area contributed by atoms with E-state index < -0.39 is 0 Å². The highest BCUT2D eigenvalue weighted by molar-refractivity contribution is 9.11. The Morgan fingerprint density at radius 2 is 1.71 bits per heavy atom. The molecule has 0 spiro atoms. The number of rotatable bonds is 3. The minimum Gasteiger partial charge on any atom is -0.399 e. The zero-order valence-corrected chi connectivity index (χ0v) is 14.5. The number of hydrogen-bond donors (Lipinski definition) is 2. The van der Waals surface area contributed by atoms with Gasteiger partial charge in [-0.15, -0.1) is 0 Å². The molecule has 0 saturated heterocycles. The Morgan fingerprint density at radius 1 is 1.14 bits per heavy atom. The van der Waals surface area contributed by atoms with Crippen LogP contribution in [-0.2, 0) is 4.79 Å². The van der Waals surface area contributed by atoms with E-state index in [9.17, 15) is 4.79 Å².